The minimum atomic E-state index is -0.956. The quantitative estimate of drug-likeness (QED) is 0.761. The lowest BCUT2D eigenvalue weighted by Crippen LogP contribution is -2.41. The van der Waals surface area contributed by atoms with Crippen LogP contribution < -0.4 is 0 Å². The number of hydrogen-bond acceptors (Lipinski definition) is 3. The Morgan fingerprint density at radius 2 is 1.68 bits per heavy atom. The highest BCUT2D eigenvalue weighted by Gasteiger charge is 2.56. The van der Waals surface area contributed by atoms with Crippen molar-refractivity contribution in [1.82, 2.24) is 0 Å². The molecule has 0 amide bonds. The second-order valence-electron chi connectivity index (χ2n) is 6.15. The first-order valence-electron chi connectivity index (χ1n) is 6.40. The van der Waals surface area contributed by atoms with Crippen molar-refractivity contribution in [3.8, 4) is 0 Å². The Balaban J connectivity index is 2.43. The van der Waals surface area contributed by atoms with Crippen molar-refractivity contribution in [2.75, 3.05) is 0 Å². The van der Waals surface area contributed by atoms with E-state index in [2.05, 4.69) is 0 Å². The minimum absolute atomic E-state index is 0.240. The summed E-state index contributed by atoms with van der Waals surface area (Å²) in [6, 6.07) is 6.68. The smallest absolute Gasteiger partial charge is 0.335 e. The van der Waals surface area contributed by atoms with Gasteiger partial charge in [0.1, 0.15) is 0 Å². The molecule has 1 aromatic carbocycles. The second kappa shape index (κ2) is 4.32. The Hall–Kier alpha value is -1.39. The predicted molar refractivity (Wildman–Crippen MR) is 71.2 cm³/mol. The summed E-state index contributed by atoms with van der Waals surface area (Å²) in [6.45, 7) is 5.86. The van der Waals surface area contributed by atoms with Crippen molar-refractivity contribution in [3.63, 3.8) is 0 Å². The Labute approximate surface area is 112 Å². The van der Waals surface area contributed by atoms with Gasteiger partial charge in [-0.15, -0.1) is 0 Å². The van der Waals surface area contributed by atoms with Crippen molar-refractivity contribution < 1.29 is 20.1 Å². The van der Waals surface area contributed by atoms with Crippen LogP contribution in [0.15, 0.2) is 24.3 Å². The molecule has 19 heavy (non-hydrogen) atoms. The molecule has 0 spiro atoms. The fraction of sp³-hybridized carbons (Fsp3) is 0.533. The van der Waals surface area contributed by atoms with Gasteiger partial charge in [-0.3, -0.25) is 0 Å². The molecular formula is C15H20O4. The predicted octanol–water partition coefficient (Wildman–Crippen LogP) is 1.79. The highest BCUT2D eigenvalue weighted by molar-refractivity contribution is 5.87. The van der Waals surface area contributed by atoms with Crippen LogP contribution in [0, 0.1) is 5.41 Å². The molecule has 2 rings (SSSR count). The van der Waals surface area contributed by atoms with Gasteiger partial charge >= 0.3 is 5.97 Å². The summed E-state index contributed by atoms with van der Waals surface area (Å²) in [4.78, 5) is 10.9. The number of carboxylic acids is 1. The van der Waals surface area contributed by atoms with Gasteiger partial charge < -0.3 is 15.3 Å². The number of aromatic carboxylic acids is 1. The van der Waals surface area contributed by atoms with Gasteiger partial charge in [0.25, 0.3) is 0 Å². The Morgan fingerprint density at radius 1 is 1.16 bits per heavy atom. The molecule has 0 heterocycles. The number of aliphatic hydroxyl groups excluding tert-OH is 2. The maximum absolute atomic E-state index is 10.9. The fourth-order valence-corrected chi connectivity index (χ4v) is 3.07. The number of carboxylic acid groups (broad SMARTS) is 1. The Bertz CT molecular complexity index is 491. The zero-order chi connectivity index (χ0) is 14.4. The third-order valence-corrected chi connectivity index (χ3v) is 4.91. The first-order valence-corrected chi connectivity index (χ1v) is 6.40. The molecule has 0 aliphatic heterocycles. The van der Waals surface area contributed by atoms with E-state index >= 15 is 0 Å². The molecule has 0 saturated heterocycles. The molecule has 1 aliphatic rings. The normalized spacial score (nSPS) is 33.3. The molecule has 104 valence electrons. The molecule has 0 bridgehead atoms. The third-order valence-electron chi connectivity index (χ3n) is 4.91. The Morgan fingerprint density at radius 3 is 2.05 bits per heavy atom. The van der Waals surface area contributed by atoms with Crippen LogP contribution in [-0.4, -0.2) is 33.5 Å². The SMILES string of the molecule is CC1(C)[C@@H](O)[C@@H](O)C[C@]1(C)c1ccc(C(=O)O)cc1. The Kier molecular flexibility index (Phi) is 3.19. The van der Waals surface area contributed by atoms with Crippen molar-refractivity contribution in [3.05, 3.63) is 35.4 Å². The van der Waals surface area contributed by atoms with Crippen LogP contribution in [0.2, 0.25) is 0 Å². The van der Waals surface area contributed by atoms with E-state index in [0.29, 0.717) is 6.42 Å². The van der Waals surface area contributed by atoms with Crippen molar-refractivity contribution in [2.24, 2.45) is 5.41 Å². The third kappa shape index (κ3) is 1.95. The summed E-state index contributed by atoms with van der Waals surface area (Å²) in [5, 5.41) is 29.0. The van der Waals surface area contributed by atoms with Crippen LogP contribution >= 0.6 is 0 Å². The number of benzene rings is 1. The van der Waals surface area contributed by atoms with E-state index in [0.717, 1.165) is 5.56 Å². The molecular weight excluding hydrogens is 244 g/mol. The van der Waals surface area contributed by atoms with Crippen LogP contribution in [0.4, 0.5) is 0 Å². The van der Waals surface area contributed by atoms with Crippen LogP contribution in [0.5, 0.6) is 0 Å². The van der Waals surface area contributed by atoms with E-state index in [1.807, 2.05) is 20.8 Å². The van der Waals surface area contributed by atoms with Gasteiger partial charge in [0.05, 0.1) is 17.8 Å². The summed E-state index contributed by atoms with van der Waals surface area (Å²) >= 11 is 0. The number of carbonyl (C=O) groups is 1. The molecule has 3 atom stereocenters. The first kappa shape index (κ1) is 14.0. The summed E-state index contributed by atoms with van der Waals surface area (Å²) in [7, 11) is 0. The topological polar surface area (TPSA) is 77.8 Å². The minimum Gasteiger partial charge on any atom is -0.478 e. The van der Waals surface area contributed by atoms with E-state index in [4.69, 9.17) is 5.11 Å². The fourth-order valence-electron chi connectivity index (χ4n) is 3.07. The monoisotopic (exact) mass is 264 g/mol. The largest absolute Gasteiger partial charge is 0.478 e. The highest BCUT2D eigenvalue weighted by atomic mass is 16.4. The summed E-state index contributed by atoms with van der Waals surface area (Å²) < 4.78 is 0. The van der Waals surface area contributed by atoms with E-state index in [1.54, 1.807) is 24.3 Å². The summed E-state index contributed by atoms with van der Waals surface area (Å²) in [5.74, 6) is -0.956. The van der Waals surface area contributed by atoms with Crippen LogP contribution in [0.1, 0.15) is 43.1 Å². The summed E-state index contributed by atoms with van der Waals surface area (Å²) in [6.07, 6.45) is -1.07. The van der Waals surface area contributed by atoms with E-state index in [9.17, 15) is 15.0 Å². The molecule has 3 N–H and O–H groups in total. The van der Waals surface area contributed by atoms with Gasteiger partial charge in [0.15, 0.2) is 0 Å². The molecule has 0 radical (unpaired) electrons. The van der Waals surface area contributed by atoms with E-state index < -0.39 is 23.6 Å². The molecule has 0 aromatic heterocycles. The zero-order valence-corrected chi connectivity index (χ0v) is 11.4. The number of rotatable bonds is 2. The number of aliphatic hydroxyl groups is 2. The van der Waals surface area contributed by atoms with Gasteiger partial charge in [-0.1, -0.05) is 32.9 Å². The molecule has 4 heteroatoms. The van der Waals surface area contributed by atoms with Crippen LogP contribution in [0.3, 0.4) is 0 Å². The molecule has 1 fully saturated rings. The van der Waals surface area contributed by atoms with Crippen molar-refractivity contribution >= 4 is 5.97 Å². The molecule has 1 saturated carbocycles. The second-order valence-corrected chi connectivity index (χ2v) is 6.15. The molecule has 4 nitrogen and oxygen atoms in total. The van der Waals surface area contributed by atoms with Crippen LogP contribution in [-0.2, 0) is 5.41 Å². The molecule has 1 aliphatic carbocycles. The zero-order valence-electron chi connectivity index (χ0n) is 11.4. The van der Waals surface area contributed by atoms with Crippen molar-refractivity contribution in [1.29, 1.82) is 0 Å². The maximum atomic E-state index is 10.9. The van der Waals surface area contributed by atoms with Gasteiger partial charge in [-0.25, -0.2) is 4.79 Å². The van der Waals surface area contributed by atoms with Crippen LogP contribution in [0.25, 0.3) is 0 Å². The van der Waals surface area contributed by atoms with Gasteiger partial charge in [-0.2, -0.15) is 0 Å². The maximum Gasteiger partial charge on any atom is 0.335 e. The lowest BCUT2D eigenvalue weighted by molar-refractivity contribution is -0.0160. The molecule has 0 unspecified atom stereocenters. The average Bonchev–Trinajstić information content (AvgIpc) is 2.51. The highest BCUT2D eigenvalue weighted by Crippen LogP contribution is 2.53. The standard InChI is InChI=1S/C15H20O4/c1-14(2)12(17)11(16)8-15(14,3)10-6-4-9(5-7-10)13(18)19/h4-7,11-12,16-17H,8H2,1-3H3,(H,18,19)/t11-,12-,15+/m0/s1. The number of hydrogen-bond donors (Lipinski definition) is 3. The first-order chi connectivity index (χ1) is 8.70. The summed E-state index contributed by atoms with van der Waals surface area (Å²) in [5.41, 5.74) is 0.322. The van der Waals surface area contributed by atoms with E-state index in [1.165, 1.54) is 0 Å². The lowest BCUT2D eigenvalue weighted by Gasteiger charge is -2.40. The lowest BCUT2D eigenvalue weighted by atomic mass is 9.64. The molecule has 1 aromatic rings. The van der Waals surface area contributed by atoms with Gasteiger partial charge in [-0.05, 0) is 24.1 Å². The van der Waals surface area contributed by atoms with Gasteiger partial charge in [0.2, 0.25) is 0 Å². The average molecular weight is 264 g/mol. The van der Waals surface area contributed by atoms with Crippen molar-refractivity contribution in [2.45, 2.75) is 44.8 Å². The van der Waals surface area contributed by atoms with Gasteiger partial charge in [0, 0.05) is 10.8 Å². The van der Waals surface area contributed by atoms with E-state index in [-0.39, 0.29) is 11.0 Å².